The van der Waals surface area contributed by atoms with Crippen LogP contribution < -0.4 is 5.48 Å². The summed E-state index contributed by atoms with van der Waals surface area (Å²) in [6.45, 7) is 2.33. The molecule has 5 nitrogen and oxygen atoms in total. The van der Waals surface area contributed by atoms with Crippen LogP contribution in [-0.4, -0.2) is 29.8 Å². The minimum Gasteiger partial charge on any atom is -0.381 e. The zero-order valence-corrected chi connectivity index (χ0v) is 9.76. The Kier molecular flexibility index (Phi) is 3.20. The third-order valence-electron chi connectivity index (χ3n) is 3.14. The van der Waals surface area contributed by atoms with Gasteiger partial charge in [-0.3, -0.25) is 4.84 Å². The van der Waals surface area contributed by atoms with Crippen LogP contribution in [0.3, 0.4) is 0 Å². The summed E-state index contributed by atoms with van der Waals surface area (Å²) in [7, 11) is 0. The molecule has 17 heavy (non-hydrogen) atoms. The molecule has 1 unspecified atom stereocenters. The standard InChI is InChI=1S/C12H17N3O2/c1-2-10(1)12-13-5-3-11(14-12)15-17-8-9-4-6-16-7-9/h3,5,9-10H,1-2,4,6-8H2,(H,13,14,15). The second-order valence-corrected chi connectivity index (χ2v) is 4.72. The van der Waals surface area contributed by atoms with Gasteiger partial charge in [-0.05, 0) is 19.3 Å². The highest BCUT2D eigenvalue weighted by atomic mass is 16.6. The third-order valence-corrected chi connectivity index (χ3v) is 3.14. The highest BCUT2D eigenvalue weighted by molar-refractivity contribution is 5.31. The quantitative estimate of drug-likeness (QED) is 0.788. The number of rotatable bonds is 5. The van der Waals surface area contributed by atoms with Gasteiger partial charge >= 0.3 is 0 Å². The molecule has 1 N–H and O–H groups in total. The molecule has 0 bridgehead atoms. The fraction of sp³-hybridized carbons (Fsp3) is 0.667. The number of ether oxygens (including phenoxy) is 1. The van der Waals surface area contributed by atoms with Crippen LogP contribution in [-0.2, 0) is 9.57 Å². The molecule has 1 saturated heterocycles. The number of hydrogen-bond acceptors (Lipinski definition) is 5. The van der Waals surface area contributed by atoms with Gasteiger partial charge in [0.2, 0.25) is 0 Å². The number of hydrogen-bond donors (Lipinski definition) is 1. The molecule has 0 radical (unpaired) electrons. The van der Waals surface area contributed by atoms with E-state index < -0.39 is 0 Å². The number of anilines is 1. The monoisotopic (exact) mass is 235 g/mol. The van der Waals surface area contributed by atoms with Crippen LogP contribution in [0.2, 0.25) is 0 Å². The molecular weight excluding hydrogens is 218 g/mol. The minimum absolute atomic E-state index is 0.507. The van der Waals surface area contributed by atoms with E-state index in [4.69, 9.17) is 9.57 Å². The Hall–Kier alpha value is -1.20. The van der Waals surface area contributed by atoms with Crippen molar-refractivity contribution in [2.45, 2.75) is 25.2 Å². The SMILES string of the molecule is c1cc(NOCC2CCOC2)nc(C2CC2)n1. The van der Waals surface area contributed by atoms with E-state index in [1.54, 1.807) is 6.20 Å². The summed E-state index contributed by atoms with van der Waals surface area (Å²) in [5.74, 6) is 2.76. The maximum absolute atomic E-state index is 5.44. The van der Waals surface area contributed by atoms with Crippen molar-refractivity contribution in [2.24, 2.45) is 5.92 Å². The average Bonchev–Trinajstić information content (AvgIpc) is 3.09. The fourth-order valence-corrected chi connectivity index (χ4v) is 1.92. The average molecular weight is 235 g/mol. The van der Waals surface area contributed by atoms with Gasteiger partial charge in [-0.1, -0.05) is 0 Å². The molecule has 1 aromatic heterocycles. The number of aromatic nitrogens is 2. The summed E-state index contributed by atoms with van der Waals surface area (Å²) in [4.78, 5) is 14.1. The van der Waals surface area contributed by atoms with Crippen molar-refractivity contribution in [1.82, 2.24) is 9.97 Å². The Balaban J connectivity index is 1.48. The van der Waals surface area contributed by atoms with Crippen molar-refractivity contribution < 1.29 is 9.57 Å². The van der Waals surface area contributed by atoms with E-state index in [9.17, 15) is 0 Å². The molecule has 0 amide bonds. The lowest BCUT2D eigenvalue weighted by Crippen LogP contribution is -2.13. The van der Waals surface area contributed by atoms with Gasteiger partial charge in [0.25, 0.3) is 0 Å². The van der Waals surface area contributed by atoms with Crippen LogP contribution in [0.1, 0.15) is 31.0 Å². The molecule has 2 heterocycles. The summed E-state index contributed by atoms with van der Waals surface area (Å²) in [6, 6.07) is 1.83. The lowest BCUT2D eigenvalue weighted by atomic mass is 10.1. The fourth-order valence-electron chi connectivity index (χ4n) is 1.92. The van der Waals surface area contributed by atoms with Gasteiger partial charge in [0.1, 0.15) is 5.82 Å². The first-order chi connectivity index (χ1) is 8.42. The first-order valence-electron chi connectivity index (χ1n) is 6.20. The Morgan fingerprint density at radius 2 is 2.35 bits per heavy atom. The van der Waals surface area contributed by atoms with E-state index in [1.807, 2.05) is 6.07 Å². The molecule has 0 aromatic carbocycles. The normalized spacial score (nSPS) is 23.9. The highest BCUT2D eigenvalue weighted by Gasteiger charge is 2.26. The largest absolute Gasteiger partial charge is 0.381 e. The first kappa shape index (κ1) is 10.9. The van der Waals surface area contributed by atoms with E-state index in [1.165, 1.54) is 12.8 Å². The van der Waals surface area contributed by atoms with Crippen LogP contribution in [0.4, 0.5) is 5.82 Å². The lowest BCUT2D eigenvalue weighted by molar-refractivity contribution is 0.126. The highest BCUT2D eigenvalue weighted by Crippen LogP contribution is 2.37. The molecule has 3 rings (SSSR count). The van der Waals surface area contributed by atoms with Gasteiger partial charge in [0.05, 0.1) is 13.2 Å². The van der Waals surface area contributed by atoms with Crippen LogP contribution in [0.5, 0.6) is 0 Å². The summed E-state index contributed by atoms with van der Waals surface area (Å²) in [5.41, 5.74) is 2.89. The van der Waals surface area contributed by atoms with Gasteiger partial charge in [-0.2, -0.15) is 0 Å². The van der Waals surface area contributed by atoms with Crippen LogP contribution in [0.25, 0.3) is 0 Å². The van der Waals surface area contributed by atoms with Gasteiger partial charge in [0.15, 0.2) is 5.82 Å². The van der Waals surface area contributed by atoms with Gasteiger partial charge in [-0.25, -0.2) is 15.4 Å². The molecule has 1 saturated carbocycles. The van der Waals surface area contributed by atoms with Crippen molar-refractivity contribution in [1.29, 1.82) is 0 Å². The zero-order valence-electron chi connectivity index (χ0n) is 9.76. The van der Waals surface area contributed by atoms with Crippen molar-refractivity contribution in [2.75, 3.05) is 25.3 Å². The molecule has 0 spiro atoms. The van der Waals surface area contributed by atoms with E-state index in [0.717, 1.165) is 31.3 Å². The second-order valence-electron chi connectivity index (χ2n) is 4.72. The van der Waals surface area contributed by atoms with Crippen molar-refractivity contribution >= 4 is 5.82 Å². The maximum atomic E-state index is 5.44. The van der Waals surface area contributed by atoms with Gasteiger partial charge < -0.3 is 4.74 Å². The lowest BCUT2D eigenvalue weighted by Gasteiger charge is -2.10. The molecular formula is C12H17N3O2. The van der Waals surface area contributed by atoms with Crippen LogP contribution in [0.15, 0.2) is 12.3 Å². The van der Waals surface area contributed by atoms with Crippen molar-refractivity contribution in [3.8, 4) is 0 Å². The Morgan fingerprint density at radius 3 is 3.12 bits per heavy atom. The molecule has 1 aliphatic carbocycles. The topological polar surface area (TPSA) is 56.3 Å². The first-order valence-corrected chi connectivity index (χ1v) is 6.20. The summed E-state index contributed by atoms with van der Waals surface area (Å²) >= 11 is 0. The molecule has 92 valence electrons. The van der Waals surface area contributed by atoms with Crippen molar-refractivity contribution in [3.05, 3.63) is 18.1 Å². The summed E-state index contributed by atoms with van der Waals surface area (Å²) in [6.07, 6.45) is 5.29. The van der Waals surface area contributed by atoms with E-state index in [-0.39, 0.29) is 0 Å². The Labute approximate surface area is 101 Å². The maximum Gasteiger partial charge on any atom is 0.153 e. The molecule has 2 fully saturated rings. The van der Waals surface area contributed by atoms with Gasteiger partial charge in [-0.15, -0.1) is 0 Å². The molecule has 5 heteroatoms. The van der Waals surface area contributed by atoms with Crippen molar-refractivity contribution in [3.63, 3.8) is 0 Å². The second kappa shape index (κ2) is 4.98. The predicted molar refractivity (Wildman–Crippen MR) is 62.5 cm³/mol. The number of nitrogens with zero attached hydrogens (tertiary/aromatic N) is 2. The summed E-state index contributed by atoms with van der Waals surface area (Å²) in [5, 5.41) is 0. The number of nitrogens with one attached hydrogen (secondary N) is 1. The molecule has 2 aliphatic rings. The third kappa shape index (κ3) is 2.92. The molecule has 1 aromatic rings. The Bertz CT molecular complexity index is 376. The molecule has 1 atom stereocenters. The Morgan fingerprint density at radius 1 is 1.41 bits per heavy atom. The van der Waals surface area contributed by atoms with Gasteiger partial charge in [0, 0.05) is 30.7 Å². The molecule has 1 aliphatic heterocycles. The van der Waals surface area contributed by atoms with Crippen LogP contribution in [0, 0.1) is 5.92 Å². The van der Waals surface area contributed by atoms with Crippen LogP contribution >= 0.6 is 0 Å². The van der Waals surface area contributed by atoms with E-state index >= 15 is 0 Å². The minimum atomic E-state index is 0.507. The van der Waals surface area contributed by atoms with E-state index in [0.29, 0.717) is 18.4 Å². The predicted octanol–water partition coefficient (Wildman–Crippen LogP) is 1.73. The smallest absolute Gasteiger partial charge is 0.153 e. The summed E-state index contributed by atoms with van der Waals surface area (Å²) < 4.78 is 5.29. The zero-order chi connectivity index (χ0) is 11.5. The van der Waals surface area contributed by atoms with E-state index in [2.05, 4.69) is 15.4 Å².